The highest BCUT2D eigenvalue weighted by Crippen LogP contribution is 2.36. The van der Waals surface area contributed by atoms with Crippen molar-refractivity contribution < 1.29 is 14.3 Å². The van der Waals surface area contributed by atoms with Gasteiger partial charge in [0.2, 0.25) is 0 Å². The van der Waals surface area contributed by atoms with E-state index in [1.165, 1.54) is 11.3 Å². The van der Waals surface area contributed by atoms with Gasteiger partial charge in [-0.25, -0.2) is 4.98 Å². The van der Waals surface area contributed by atoms with Crippen LogP contribution in [-0.4, -0.2) is 35.4 Å². The molecule has 1 fully saturated rings. The van der Waals surface area contributed by atoms with E-state index in [4.69, 9.17) is 26.1 Å². The molecule has 2 aromatic carbocycles. The number of nitrogens with one attached hydrogen (secondary N) is 1. The third kappa shape index (κ3) is 4.34. The Bertz CT molecular complexity index is 1320. The molecule has 0 bridgehead atoms. The molecule has 1 saturated heterocycles. The van der Waals surface area contributed by atoms with Crippen molar-refractivity contribution in [2.75, 3.05) is 13.7 Å². The number of aromatic nitrogens is 2. The average Bonchev–Trinajstić information content (AvgIpc) is 3.60. The van der Waals surface area contributed by atoms with Crippen LogP contribution in [0.15, 0.2) is 60.0 Å². The van der Waals surface area contributed by atoms with Crippen LogP contribution >= 0.6 is 22.9 Å². The summed E-state index contributed by atoms with van der Waals surface area (Å²) in [5.74, 6) is 0.612. The molecule has 0 aliphatic carbocycles. The minimum absolute atomic E-state index is 0.153. The first-order valence-corrected chi connectivity index (χ1v) is 12.3. The van der Waals surface area contributed by atoms with Crippen molar-refractivity contribution in [1.82, 2.24) is 14.9 Å². The van der Waals surface area contributed by atoms with E-state index in [1.54, 1.807) is 7.11 Å². The normalized spacial score (nSPS) is 15.4. The van der Waals surface area contributed by atoms with Gasteiger partial charge in [0.05, 0.1) is 29.1 Å². The lowest BCUT2D eigenvalue weighted by atomic mass is 10.2. The number of hydrogen-bond acceptors (Lipinski definition) is 5. The first-order valence-electron chi connectivity index (χ1n) is 11.0. The van der Waals surface area contributed by atoms with Crippen molar-refractivity contribution >= 4 is 28.8 Å². The van der Waals surface area contributed by atoms with Crippen molar-refractivity contribution in [2.24, 2.45) is 0 Å². The highest BCUT2D eigenvalue weighted by atomic mass is 35.5. The second-order valence-corrected chi connectivity index (χ2v) is 9.32. The molecule has 34 heavy (non-hydrogen) atoms. The van der Waals surface area contributed by atoms with Crippen molar-refractivity contribution in [2.45, 2.75) is 26.0 Å². The van der Waals surface area contributed by atoms with Gasteiger partial charge in [0.15, 0.2) is 0 Å². The van der Waals surface area contributed by atoms with Crippen LogP contribution in [0.25, 0.3) is 27.6 Å². The zero-order valence-electron chi connectivity index (χ0n) is 18.9. The number of carbonyl (C=O) groups excluding carboxylic acids is 1. The Morgan fingerprint density at radius 2 is 2.03 bits per heavy atom. The number of hydrogen-bond donors (Lipinski definition) is 1. The fourth-order valence-electron chi connectivity index (χ4n) is 4.15. The predicted octanol–water partition coefficient (Wildman–Crippen LogP) is 6.10. The minimum Gasteiger partial charge on any atom is -0.497 e. The van der Waals surface area contributed by atoms with Crippen LogP contribution in [0.2, 0.25) is 5.02 Å². The van der Waals surface area contributed by atoms with Gasteiger partial charge in [-0.05, 0) is 56.2 Å². The van der Waals surface area contributed by atoms with Crippen molar-refractivity contribution in [3.63, 3.8) is 0 Å². The Labute approximate surface area is 207 Å². The molecule has 4 aromatic rings. The fourth-order valence-corrected chi connectivity index (χ4v) is 5.29. The Morgan fingerprint density at radius 1 is 1.24 bits per heavy atom. The molecule has 1 amide bonds. The van der Waals surface area contributed by atoms with Crippen molar-refractivity contribution in [3.8, 4) is 33.4 Å². The van der Waals surface area contributed by atoms with Gasteiger partial charge >= 0.3 is 0 Å². The van der Waals surface area contributed by atoms with Gasteiger partial charge < -0.3 is 19.4 Å². The maximum Gasteiger partial charge on any atom is 0.255 e. The molecule has 6 nitrogen and oxygen atoms in total. The number of nitrogens with zero attached hydrogens (tertiary/aromatic N) is 2. The fraction of sp³-hybridized carbons (Fsp3) is 0.231. The number of carbonyl (C=O) groups is 1. The molecule has 1 N–H and O–H groups in total. The van der Waals surface area contributed by atoms with E-state index in [0.717, 1.165) is 51.9 Å². The smallest absolute Gasteiger partial charge is 0.255 e. The molecule has 2 aromatic heterocycles. The molecule has 1 aliphatic heterocycles. The molecule has 1 atom stereocenters. The largest absolute Gasteiger partial charge is 0.497 e. The molecule has 0 spiro atoms. The maximum atomic E-state index is 13.2. The Kier molecular flexibility index (Phi) is 6.41. The lowest BCUT2D eigenvalue weighted by Gasteiger charge is -2.13. The highest BCUT2D eigenvalue weighted by molar-refractivity contribution is 7.13. The lowest BCUT2D eigenvalue weighted by molar-refractivity contribution is 0.0639. The summed E-state index contributed by atoms with van der Waals surface area (Å²) in [7, 11) is 1.64. The molecule has 1 unspecified atom stereocenters. The molecule has 0 saturated carbocycles. The number of halogens is 1. The molecule has 5 rings (SSSR count). The van der Waals surface area contributed by atoms with Gasteiger partial charge in [-0.1, -0.05) is 29.8 Å². The van der Waals surface area contributed by atoms with E-state index in [1.807, 2.05) is 66.9 Å². The summed E-state index contributed by atoms with van der Waals surface area (Å²) in [5, 5.41) is 6.48. The van der Waals surface area contributed by atoms with Crippen LogP contribution in [0, 0.1) is 6.92 Å². The number of thiazole rings is 1. The van der Waals surface area contributed by atoms with Crippen molar-refractivity contribution in [1.29, 1.82) is 0 Å². The molecule has 8 heteroatoms. The van der Waals surface area contributed by atoms with Crippen LogP contribution in [0.1, 0.15) is 28.9 Å². The van der Waals surface area contributed by atoms with E-state index >= 15 is 0 Å². The van der Waals surface area contributed by atoms with Gasteiger partial charge in [-0.15, -0.1) is 11.3 Å². The molecular formula is C26H24ClN3O3S. The SMILES string of the molecule is COc1ccc(-n2c(-c3csc(-c4ccccc4Cl)n3)cc(C(=O)NC3CCCO3)c2C)cc1. The standard InChI is InChI=1S/C26H24ClN3O3S/c1-16-20(25(31)29-24-8-5-13-33-24)14-23(30(16)17-9-11-18(32-2)12-10-17)22-15-34-26(28-22)19-6-3-4-7-21(19)27/h3-4,6-7,9-12,14-15,24H,5,8,13H2,1-2H3,(H,29,31). The molecule has 3 heterocycles. The van der Waals surface area contributed by atoms with Crippen LogP contribution in [0.5, 0.6) is 5.75 Å². The number of rotatable bonds is 6. The second kappa shape index (κ2) is 9.62. The summed E-state index contributed by atoms with van der Waals surface area (Å²) in [5.41, 5.74) is 4.81. The average molecular weight is 494 g/mol. The van der Waals surface area contributed by atoms with Crippen LogP contribution in [0.3, 0.4) is 0 Å². The molecule has 0 radical (unpaired) electrons. The Morgan fingerprint density at radius 3 is 2.74 bits per heavy atom. The summed E-state index contributed by atoms with van der Waals surface area (Å²) in [6, 6.07) is 17.3. The predicted molar refractivity (Wildman–Crippen MR) is 135 cm³/mol. The van der Waals surface area contributed by atoms with Crippen molar-refractivity contribution in [3.05, 3.63) is 76.3 Å². The van der Waals surface area contributed by atoms with Gasteiger partial charge in [-0.3, -0.25) is 4.79 Å². The first kappa shape index (κ1) is 22.7. The summed E-state index contributed by atoms with van der Waals surface area (Å²) < 4.78 is 13.0. The number of amides is 1. The molecular weight excluding hydrogens is 470 g/mol. The van der Waals surface area contributed by atoms with Crippen LogP contribution in [-0.2, 0) is 4.74 Å². The first-order chi connectivity index (χ1) is 16.5. The summed E-state index contributed by atoms with van der Waals surface area (Å²) >= 11 is 7.93. The van der Waals surface area contributed by atoms with Gasteiger partial charge in [0.25, 0.3) is 5.91 Å². The van der Waals surface area contributed by atoms with Crippen LogP contribution < -0.4 is 10.1 Å². The number of benzene rings is 2. The van der Waals surface area contributed by atoms with Gasteiger partial charge in [0.1, 0.15) is 17.0 Å². The summed E-state index contributed by atoms with van der Waals surface area (Å²) in [4.78, 5) is 18.0. The Hall–Kier alpha value is -3.13. The van der Waals surface area contributed by atoms with E-state index in [-0.39, 0.29) is 12.1 Å². The van der Waals surface area contributed by atoms with E-state index in [2.05, 4.69) is 9.88 Å². The number of ether oxygens (including phenoxy) is 2. The Balaban J connectivity index is 1.59. The quantitative estimate of drug-likeness (QED) is 0.352. The monoisotopic (exact) mass is 493 g/mol. The van der Waals surface area contributed by atoms with Crippen LogP contribution in [0.4, 0.5) is 0 Å². The van der Waals surface area contributed by atoms with E-state index in [9.17, 15) is 4.79 Å². The maximum absolute atomic E-state index is 13.2. The summed E-state index contributed by atoms with van der Waals surface area (Å²) in [6.07, 6.45) is 1.53. The third-order valence-corrected chi connectivity index (χ3v) is 7.12. The highest BCUT2D eigenvalue weighted by Gasteiger charge is 2.24. The van der Waals surface area contributed by atoms with Gasteiger partial charge in [-0.2, -0.15) is 0 Å². The molecule has 1 aliphatic rings. The second-order valence-electron chi connectivity index (χ2n) is 8.05. The zero-order chi connectivity index (χ0) is 23.7. The topological polar surface area (TPSA) is 65.4 Å². The van der Waals surface area contributed by atoms with E-state index in [0.29, 0.717) is 17.2 Å². The summed E-state index contributed by atoms with van der Waals surface area (Å²) in [6.45, 7) is 2.62. The number of methoxy groups -OCH3 is 1. The molecule has 174 valence electrons. The lowest BCUT2D eigenvalue weighted by Crippen LogP contribution is -2.34. The van der Waals surface area contributed by atoms with Gasteiger partial charge in [0, 0.05) is 28.9 Å². The third-order valence-electron chi connectivity index (χ3n) is 5.92. The zero-order valence-corrected chi connectivity index (χ0v) is 20.4. The minimum atomic E-state index is -0.245. The van der Waals surface area contributed by atoms with E-state index < -0.39 is 0 Å².